The lowest BCUT2D eigenvalue weighted by atomic mass is 9.90. The molecule has 2 aromatic heterocycles. The first-order chi connectivity index (χ1) is 17.3. The van der Waals surface area contributed by atoms with Crippen LogP contribution in [0.1, 0.15) is 41.9 Å². The second kappa shape index (κ2) is 10.2. The van der Waals surface area contributed by atoms with Gasteiger partial charge in [0.15, 0.2) is 12.8 Å². The van der Waals surface area contributed by atoms with Crippen molar-refractivity contribution in [3.8, 4) is 0 Å². The molecule has 37 heavy (non-hydrogen) atoms. The average Bonchev–Trinajstić information content (AvgIpc) is 3.25. The zero-order chi connectivity index (χ0) is 27.0. The summed E-state index contributed by atoms with van der Waals surface area (Å²) in [7, 11) is 0. The number of hydrazine groups is 1. The summed E-state index contributed by atoms with van der Waals surface area (Å²) in [5, 5.41) is 7.48. The summed E-state index contributed by atoms with van der Waals surface area (Å²) in [5.74, 6) is -0.809. The number of nitrogens with zero attached hydrogens (tertiary/aromatic N) is 4. The van der Waals surface area contributed by atoms with Gasteiger partial charge >= 0.3 is 18.3 Å². The van der Waals surface area contributed by atoms with Gasteiger partial charge in [-0.15, -0.1) is 10.1 Å². The molecule has 0 bridgehead atoms. The third-order valence-corrected chi connectivity index (χ3v) is 6.27. The van der Waals surface area contributed by atoms with E-state index in [0.29, 0.717) is 40.8 Å². The molecule has 0 aliphatic heterocycles. The quantitative estimate of drug-likeness (QED) is 0.186. The van der Waals surface area contributed by atoms with Gasteiger partial charge in [0.1, 0.15) is 17.9 Å². The molecule has 2 N–H and O–H groups in total. The number of rotatable bonds is 6. The van der Waals surface area contributed by atoms with Crippen LogP contribution in [-0.2, 0) is 12.7 Å². The molecule has 0 radical (unpaired) electrons. The van der Waals surface area contributed by atoms with E-state index in [1.807, 2.05) is 0 Å². The zero-order valence-corrected chi connectivity index (χ0v) is 20.0. The molecule has 0 saturated heterocycles. The first-order valence-electron chi connectivity index (χ1n) is 11.2. The van der Waals surface area contributed by atoms with Crippen LogP contribution in [0.5, 0.6) is 0 Å². The van der Waals surface area contributed by atoms with Crippen LogP contribution in [0, 0.1) is 0 Å². The van der Waals surface area contributed by atoms with Gasteiger partial charge in [-0.05, 0) is 43.2 Å². The van der Waals surface area contributed by atoms with E-state index < -0.39 is 30.5 Å². The lowest BCUT2D eigenvalue weighted by molar-refractivity contribution is -0.603. The summed E-state index contributed by atoms with van der Waals surface area (Å²) in [6.45, 7) is 2.39. The second-order valence-electron chi connectivity index (χ2n) is 8.78. The molecule has 2 atom stereocenters. The van der Waals surface area contributed by atoms with Crippen molar-refractivity contribution >= 4 is 40.8 Å². The maximum Gasteiger partial charge on any atom is 0.433 e. The highest BCUT2D eigenvalue weighted by Gasteiger charge is 2.35. The zero-order valence-electron chi connectivity index (χ0n) is 19.2. The number of hydrogen-bond donors (Lipinski definition) is 2. The number of carbonyl (C=O) groups excluding carboxylic acids is 1. The van der Waals surface area contributed by atoms with Crippen LogP contribution in [0.4, 0.5) is 32.0 Å². The van der Waals surface area contributed by atoms with E-state index in [1.165, 1.54) is 22.9 Å². The van der Waals surface area contributed by atoms with Gasteiger partial charge in [-0.1, -0.05) is 11.6 Å². The molecule has 198 valence electrons. The minimum Gasteiger partial charge on any atom is -0.381 e. The largest absolute Gasteiger partial charge is 0.433 e. The Balaban J connectivity index is 1.48. The monoisotopic (exact) mass is 547 g/mol. The number of pyridine rings is 1. The average molecular weight is 548 g/mol. The van der Waals surface area contributed by atoms with E-state index in [2.05, 4.69) is 27.5 Å². The van der Waals surface area contributed by atoms with Gasteiger partial charge in [0.2, 0.25) is 0 Å². The summed E-state index contributed by atoms with van der Waals surface area (Å²) in [6.07, 6.45) is -5.78. The Kier molecular flexibility index (Phi) is 7.36. The molecule has 4 rings (SSSR count). The van der Waals surface area contributed by atoms with E-state index in [1.54, 1.807) is 0 Å². The van der Waals surface area contributed by atoms with Crippen molar-refractivity contribution in [2.75, 3.05) is 5.32 Å². The number of nitrogens with one attached hydrogen (secondary N) is 2. The van der Waals surface area contributed by atoms with E-state index in [0.717, 1.165) is 18.3 Å². The van der Waals surface area contributed by atoms with E-state index in [4.69, 9.17) is 11.6 Å². The number of fused-ring (bicyclic) bond motifs is 1. The number of carbonyl (C=O) groups is 1. The number of amides is 1. The van der Waals surface area contributed by atoms with Gasteiger partial charge in [0, 0.05) is 41.2 Å². The van der Waals surface area contributed by atoms with Crippen LogP contribution in [-0.4, -0.2) is 50.3 Å². The van der Waals surface area contributed by atoms with Gasteiger partial charge in [-0.2, -0.15) is 31.4 Å². The SMILES string of the molecule is C=[N+](NC(=O)c1ccnn1CC(F)(F)F)C1CCC[C@H](Nc2cc(C(F)(F)F)nc3ccc(Cl)cc23)C1. The maximum atomic E-state index is 13.4. The fourth-order valence-electron chi connectivity index (χ4n) is 4.36. The van der Waals surface area contributed by atoms with Gasteiger partial charge < -0.3 is 5.32 Å². The predicted molar refractivity (Wildman–Crippen MR) is 125 cm³/mol. The van der Waals surface area contributed by atoms with Crippen LogP contribution in [0.25, 0.3) is 10.9 Å². The molecule has 1 aliphatic rings. The fourth-order valence-corrected chi connectivity index (χ4v) is 4.53. The third kappa shape index (κ3) is 6.51. The number of alkyl halides is 6. The number of benzene rings is 1. The Morgan fingerprint density at radius 1 is 1.16 bits per heavy atom. The van der Waals surface area contributed by atoms with E-state index in [9.17, 15) is 31.1 Å². The van der Waals surface area contributed by atoms with Crippen LogP contribution >= 0.6 is 11.6 Å². The Morgan fingerprint density at radius 2 is 1.92 bits per heavy atom. The molecule has 0 spiro atoms. The second-order valence-corrected chi connectivity index (χ2v) is 9.21. The topological polar surface area (TPSA) is 74.8 Å². The molecule has 1 amide bonds. The lowest BCUT2D eigenvalue weighted by Crippen LogP contribution is -2.45. The highest BCUT2D eigenvalue weighted by Crippen LogP contribution is 2.35. The van der Waals surface area contributed by atoms with Gasteiger partial charge in [-0.25, -0.2) is 4.98 Å². The smallest absolute Gasteiger partial charge is 0.381 e. The summed E-state index contributed by atoms with van der Waals surface area (Å²) < 4.78 is 80.4. The van der Waals surface area contributed by atoms with Crippen molar-refractivity contribution in [1.29, 1.82) is 0 Å². The minimum absolute atomic E-state index is 0.135. The van der Waals surface area contributed by atoms with Gasteiger partial charge in [0.25, 0.3) is 0 Å². The van der Waals surface area contributed by atoms with Crippen molar-refractivity contribution in [2.45, 2.75) is 56.7 Å². The summed E-state index contributed by atoms with van der Waals surface area (Å²) >= 11 is 6.06. The minimum atomic E-state index is -4.65. The summed E-state index contributed by atoms with van der Waals surface area (Å²) in [6, 6.07) is 5.91. The van der Waals surface area contributed by atoms with Crippen molar-refractivity contribution < 1.29 is 35.8 Å². The normalized spacial score (nSPS) is 18.6. The number of hydrogen-bond acceptors (Lipinski definition) is 4. The summed E-state index contributed by atoms with van der Waals surface area (Å²) in [5.41, 5.74) is 1.51. The van der Waals surface area contributed by atoms with Crippen LogP contribution < -0.4 is 10.7 Å². The van der Waals surface area contributed by atoms with Crippen LogP contribution in [0.15, 0.2) is 36.5 Å². The van der Waals surface area contributed by atoms with Crippen LogP contribution in [0.2, 0.25) is 5.02 Å². The first kappa shape index (κ1) is 26.7. The van der Waals surface area contributed by atoms with E-state index in [-0.39, 0.29) is 29.0 Å². The molecule has 14 heteroatoms. The van der Waals surface area contributed by atoms with Crippen molar-refractivity contribution in [3.63, 3.8) is 0 Å². The molecular formula is C23H22ClF6N6O+. The van der Waals surface area contributed by atoms with Crippen molar-refractivity contribution in [1.82, 2.24) is 20.2 Å². The van der Waals surface area contributed by atoms with Gasteiger partial charge in [-0.3, -0.25) is 9.48 Å². The van der Waals surface area contributed by atoms with E-state index >= 15 is 0 Å². The molecule has 1 aromatic carbocycles. The first-order valence-corrected chi connectivity index (χ1v) is 11.6. The molecule has 1 saturated carbocycles. The lowest BCUT2D eigenvalue weighted by Gasteiger charge is -2.28. The molecule has 1 unspecified atom stereocenters. The standard InChI is InChI=1S/C23H21ClF6N6O/c1-35(34-21(37)19-7-8-31-36(19)12-22(25,26)27)15-4-2-3-14(10-15)32-18-11-20(23(28,29)30)33-17-6-5-13(24)9-16(17)18/h5-9,11,14-15H,1-4,10,12H2,(H-,32,33,34,37)/p+1/t14-,15?/m0/s1. The highest BCUT2D eigenvalue weighted by molar-refractivity contribution is 6.31. The number of hydrazone groups is 1. The number of halogens is 7. The summed E-state index contributed by atoms with van der Waals surface area (Å²) in [4.78, 5) is 16.3. The molecule has 7 nitrogen and oxygen atoms in total. The van der Waals surface area contributed by atoms with Crippen LogP contribution in [0.3, 0.4) is 0 Å². The third-order valence-electron chi connectivity index (χ3n) is 6.03. The molecular weight excluding hydrogens is 526 g/mol. The number of aromatic nitrogens is 3. The fraction of sp³-hybridized carbons (Fsp3) is 0.391. The number of anilines is 1. The molecule has 1 fully saturated rings. The van der Waals surface area contributed by atoms with Crippen molar-refractivity contribution in [3.05, 3.63) is 52.9 Å². The Bertz CT molecular complexity index is 1320. The predicted octanol–water partition coefficient (Wildman–Crippen LogP) is 5.45. The molecule has 3 aromatic rings. The molecule has 2 heterocycles. The Labute approximate surface area is 212 Å². The highest BCUT2D eigenvalue weighted by atomic mass is 35.5. The van der Waals surface area contributed by atoms with Crippen molar-refractivity contribution in [2.24, 2.45) is 0 Å². The van der Waals surface area contributed by atoms with Gasteiger partial charge in [0.05, 0.1) is 5.52 Å². The molecule has 1 aliphatic carbocycles. The Morgan fingerprint density at radius 3 is 2.62 bits per heavy atom. The maximum absolute atomic E-state index is 13.4. The Hall–Kier alpha value is -3.35.